The lowest BCUT2D eigenvalue weighted by atomic mass is 9.81. The molecule has 1 amide bonds. The van der Waals surface area contributed by atoms with Crippen molar-refractivity contribution >= 4 is 5.91 Å². The van der Waals surface area contributed by atoms with Crippen molar-refractivity contribution in [3.8, 4) is 5.75 Å². The molecule has 0 radical (unpaired) electrons. The molecule has 5 heteroatoms. The number of carbonyl (C=O) groups excluding carboxylic acids is 1. The van der Waals surface area contributed by atoms with Crippen LogP contribution in [0.5, 0.6) is 5.75 Å². The fraction of sp³-hybridized carbons (Fsp3) is 0.588. The minimum atomic E-state index is -0.466. The van der Waals surface area contributed by atoms with Gasteiger partial charge in [-0.15, -0.1) is 0 Å². The summed E-state index contributed by atoms with van der Waals surface area (Å²) in [5.74, 6) is 0.797. The lowest BCUT2D eigenvalue weighted by Crippen LogP contribution is -2.45. The summed E-state index contributed by atoms with van der Waals surface area (Å²) < 4.78 is 10.5. The van der Waals surface area contributed by atoms with E-state index in [1.165, 1.54) is 0 Å². The highest BCUT2D eigenvalue weighted by Gasteiger charge is 2.32. The summed E-state index contributed by atoms with van der Waals surface area (Å²) in [6.07, 6.45) is 1.48. The topological polar surface area (TPSA) is 73.6 Å². The molecule has 3 N–H and O–H groups in total. The number of carbonyl (C=O) groups is 1. The summed E-state index contributed by atoms with van der Waals surface area (Å²) in [5, 5.41) is 2.99. The molecule has 0 spiro atoms. The second kappa shape index (κ2) is 9.43. The summed E-state index contributed by atoms with van der Waals surface area (Å²) in [7, 11) is 1.64. The molecule has 1 rings (SSSR count). The van der Waals surface area contributed by atoms with Gasteiger partial charge in [-0.25, -0.2) is 0 Å². The van der Waals surface area contributed by atoms with Crippen LogP contribution in [0.15, 0.2) is 24.3 Å². The number of hydrogen-bond donors (Lipinski definition) is 2. The standard InChI is InChI=1S/C17H28N2O3/c1-4-17(5-2,13-18)16(20)19-12-14-7-6-8-15(11-14)22-10-9-21-3/h6-8,11H,4-5,9-10,12-13,18H2,1-3H3,(H,19,20). The van der Waals surface area contributed by atoms with E-state index in [9.17, 15) is 4.79 Å². The van der Waals surface area contributed by atoms with Crippen molar-refractivity contribution in [3.05, 3.63) is 29.8 Å². The van der Waals surface area contributed by atoms with Crippen molar-refractivity contribution < 1.29 is 14.3 Å². The molecule has 0 atom stereocenters. The number of amides is 1. The van der Waals surface area contributed by atoms with E-state index in [1.807, 2.05) is 38.1 Å². The van der Waals surface area contributed by atoms with E-state index >= 15 is 0 Å². The minimum Gasteiger partial charge on any atom is -0.491 e. The highest BCUT2D eigenvalue weighted by atomic mass is 16.5. The monoisotopic (exact) mass is 308 g/mol. The zero-order chi connectivity index (χ0) is 16.4. The third-order valence-electron chi connectivity index (χ3n) is 4.13. The molecule has 0 bridgehead atoms. The molecule has 0 unspecified atom stereocenters. The first-order chi connectivity index (χ1) is 10.6. The molecule has 0 aromatic heterocycles. The van der Waals surface area contributed by atoms with Gasteiger partial charge in [0.2, 0.25) is 5.91 Å². The number of methoxy groups -OCH3 is 1. The van der Waals surface area contributed by atoms with Crippen LogP contribution in [0.1, 0.15) is 32.3 Å². The molecule has 124 valence electrons. The predicted octanol–water partition coefficient (Wildman–Crippen LogP) is 2.09. The van der Waals surface area contributed by atoms with Crippen LogP contribution in [0.2, 0.25) is 0 Å². The molecule has 0 aliphatic carbocycles. The first kappa shape index (κ1) is 18.5. The number of hydrogen-bond acceptors (Lipinski definition) is 4. The van der Waals surface area contributed by atoms with Crippen LogP contribution in [0.4, 0.5) is 0 Å². The zero-order valence-electron chi connectivity index (χ0n) is 13.9. The molecule has 1 aromatic rings. The SMILES string of the molecule is CCC(CC)(CN)C(=O)NCc1cccc(OCCOC)c1. The minimum absolute atomic E-state index is 0.0192. The summed E-state index contributed by atoms with van der Waals surface area (Å²) in [6.45, 7) is 5.90. The van der Waals surface area contributed by atoms with E-state index in [-0.39, 0.29) is 5.91 Å². The third kappa shape index (κ3) is 5.00. The van der Waals surface area contributed by atoms with E-state index < -0.39 is 5.41 Å². The second-order valence-corrected chi connectivity index (χ2v) is 5.36. The molecule has 0 saturated carbocycles. The van der Waals surface area contributed by atoms with Crippen LogP contribution < -0.4 is 15.8 Å². The fourth-order valence-electron chi connectivity index (χ4n) is 2.31. The molecular formula is C17H28N2O3. The van der Waals surface area contributed by atoms with Gasteiger partial charge in [-0.1, -0.05) is 26.0 Å². The van der Waals surface area contributed by atoms with Crippen LogP contribution >= 0.6 is 0 Å². The molecule has 0 aliphatic heterocycles. The van der Waals surface area contributed by atoms with E-state index in [4.69, 9.17) is 15.2 Å². The van der Waals surface area contributed by atoms with Crippen molar-refractivity contribution in [1.29, 1.82) is 0 Å². The Bertz CT molecular complexity index is 451. The van der Waals surface area contributed by atoms with Gasteiger partial charge in [0.05, 0.1) is 12.0 Å². The Morgan fingerprint density at radius 1 is 1.27 bits per heavy atom. The molecule has 0 fully saturated rings. The molecule has 22 heavy (non-hydrogen) atoms. The Hall–Kier alpha value is -1.59. The van der Waals surface area contributed by atoms with E-state index in [1.54, 1.807) is 7.11 Å². The maximum atomic E-state index is 12.4. The van der Waals surface area contributed by atoms with Gasteiger partial charge < -0.3 is 20.5 Å². The summed E-state index contributed by atoms with van der Waals surface area (Å²) in [4.78, 5) is 12.4. The fourth-order valence-corrected chi connectivity index (χ4v) is 2.31. The van der Waals surface area contributed by atoms with Crippen LogP contribution in [-0.4, -0.2) is 32.8 Å². The Balaban J connectivity index is 2.60. The summed E-state index contributed by atoms with van der Waals surface area (Å²) in [6, 6.07) is 7.70. The first-order valence-corrected chi connectivity index (χ1v) is 7.81. The number of rotatable bonds is 10. The highest BCUT2D eigenvalue weighted by Crippen LogP contribution is 2.25. The van der Waals surface area contributed by atoms with Crippen molar-refractivity contribution in [3.63, 3.8) is 0 Å². The molecule has 0 aliphatic rings. The molecule has 0 heterocycles. The number of ether oxygens (including phenoxy) is 2. The van der Waals surface area contributed by atoms with E-state index in [0.717, 1.165) is 24.2 Å². The van der Waals surface area contributed by atoms with E-state index in [2.05, 4.69) is 5.32 Å². The molecule has 1 aromatic carbocycles. The van der Waals surface area contributed by atoms with Crippen LogP contribution in [-0.2, 0) is 16.1 Å². The Kier molecular flexibility index (Phi) is 7.91. The van der Waals surface area contributed by atoms with Crippen molar-refractivity contribution in [2.45, 2.75) is 33.2 Å². The lowest BCUT2D eigenvalue weighted by Gasteiger charge is -2.28. The van der Waals surface area contributed by atoms with Crippen molar-refractivity contribution in [1.82, 2.24) is 5.32 Å². The number of benzene rings is 1. The van der Waals surface area contributed by atoms with Crippen LogP contribution in [0, 0.1) is 5.41 Å². The smallest absolute Gasteiger partial charge is 0.227 e. The average molecular weight is 308 g/mol. The molecular weight excluding hydrogens is 280 g/mol. The van der Waals surface area contributed by atoms with Gasteiger partial charge in [-0.3, -0.25) is 4.79 Å². The Morgan fingerprint density at radius 2 is 2.00 bits per heavy atom. The molecule has 5 nitrogen and oxygen atoms in total. The Labute approximate surface area is 133 Å². The van der Waals surface area contributed by atoms with Gasteiger partial charge in [-0.05, 0) is 30.5 Å². The van der Waals surface area contributed by atoms with Crippen LogP contribution in [0.25, 0.3) is 0 Å². The quantitative estimate of drug-likeness (QED) is 0.649. The number of nitrogens with one attached hydrogen (secondary N) is 1. The van der Waals surface area contributed by atoms with Gasteiger partial charge in [-0.2, -0.15) is 0 Å². The van der Waals surface area contributed by atoms with Crippen molar-refractivity contribution in [2.75, 3.05) is 26.9 Å². The summed E-state index contributed by atoms with van der Waals surface area (Å²) >= 11 is 0. The van der Waals surface area contributed by atoms with Crippen LogP contribution in [0.3, 0.4) is 0 Å². The van der Waals surface area contributed by atoms with Gasteiger partial charge in [0.15, 0.2) is 0 Å². The first-order valence-electron chi connectivity index (χ1n) is 7.81. The van der Waals surface area contributed by atoms with Gasteiger partial charge in [0.25, 0.3) is 0 Å². The van der Waals surface area contributed by atoms with E-state index in [0.29, 0.717) is 26.3 Å². The maximum Gasteiger partial charge on any atom is 0.227 e. The predicted molar refractivity (Wildman–Crippen MR) is 87.7 cm³/mol. The lowest BCUT2D eigenvalue weighted by molar-refractivity contribution is -0.131. The average Bonchev–Trinajstić information content (AvgIpc) is 2.56. The normalized spacial score (nSPS) is 11.3. The van der Waals surface area contributed by atoms with Gasteiger partial charge >= 0.3 is 0 Å². The third-order valence-corrected chi connectivity index (χ3v) is 4.13. The number of nitrogens with two attached hydrogens (primary N) is 1. The molecule has 0 saturated heterocycles. The van der Waals surface area contributed by atoms with Gasteiger partial charge in [0, 0.05) is 20.2 Å². The summed E-state index contributed by atoms with van der Waals surface area (Å²) in [5.41, 5.74) is 6.33. The van der Waals surface area contributed by atoms with Crippen molar-refractivity contribution in [2.24, 2.45) is 11.1 Å². The second-order valence-electron chi connectivity index (χ2n) is 5.36. The largest absolute Gasteiger partial charge is 0.491 e. The maximum absolute atomic E-state index is 12.4. The zero-order valence-corrected chi connectivity index (χ0v) is 13.9. The Morgan fingerprint density at radius 3 is 2.59 bits per heavy atom. The highest BCUT2D eigenvalue weighted by molar-refractivity contribution is 5.82. The van der Waals surface area contributed by atoms with Gasteiger partial charge in [0.1, 0.15) is 12.4 Å².